The van der Waals surface area contributed by atoms with Crippen molar-refractivity contribution in [1.82, 2.24) is 26.1 Å². The van der Waals surface area contributed by atoms with Crippen molar-refractivity contribution in [3.05, 3.63) is 65.5 Å². The maximum Gasteiger partial charge on any atom is 0.251 e. The molecule has 2 saturated heterocycles. The fourth-order valence-corrected chi connectivity index (χ4v) is 3.91. The number of amides is 1. The lowest BCUT2D eigenvalue weighted by atomic mass is 10.00. The van der Waals surface area contributed by atoms with Gasteiger partial charge in [0, 0.05) is 50.2 Å². The first-order valence-corrected chi connectivity index (χ1v) is 9.87. The van der Waals surface area contributed by atoms with Crippen LogP contribution in [-0.2, 0) is 6.54 Å². The van der Waals surface area contributed by atoms with Crippen molar-refractivity contribution in [2.75, 3.05) is 19.6 Å². The van der Waals surface area contributed by atoms with Crippen LogP contribution in [0.4, 0.5) is 0 Å². The number of rotatable bonds is 5. The van der Waals surface area contributed by atoms with Gasteiger partial charge in [0.2, 0.25) is 0 Å². The van der Waals surface area contributed by atoms with Gasteiger partial charge in [-0.15, -0.1) is 0 Å². The van der Waals surface area contributed by atoms with Crippen LogP contribution in [0.15, 0.2) is 48.8 Å². The molecule has 1 amide bonds. The molecule has 3 heterocycles. The summed E-state index contributed by atoms with van der Waals surface area (Å²) in [4.78, 5) is 18.9. The van der Waals surface area contributed by atoms with Crippen LogP contribution < -0.4 is 16.2 Å². The first kappa shape index (κ1) is 19.0. The van der Waals surface area contributed by atoms with Crippen molar-refractivity contribution in [2.45, 2.75) is 37.6 Å². The molecule has 7 heteroatoms. The molecule has 28 heavy (non-hydrogen) atoms. The van der Waals surface area contributed by atoms with E-state index in [1.54, 1.807) is 6.20 Å². The molecule has 0 radical (unpaired) electrons. The van der Waals surface area contributed by atoms with Gasteiger partial charge in [0.25, 0.3) is 5.91 Å². The molecule has 0 saturated carbocycles. The number of carbonyl (C=O) groups excluding carboxylic acids is 1. The largest absolute Gasteiger partial charge is 0.390 e. The van der Waals surface area contributed by atoms with Crippen LogP contribution in [-0.4, -0.2) is 52.7 Å². The Labute approximate surface area is 165 Å². The SMILES string of the molecule is O=C(N[C@@H]1CCN(Cc2cccnc2)C[C@H]1O)c1ccc(C2CCNN2)cc1. The standard InChI is InChI=1S/C21H27N5O2/c27-20-14-26(13-15-2-1-9-22-12-15)11-8-19(20)24-21(28)17-5-3-16(4-6-17)18-7-10-23-25-18/h1-6,9,12,18-20,23,25,27H,7-8,10-11,13-14H2,(H,24,28)/t18?,19-,20-/m1/s1. The summed E-state index contributed by atoms with van der Waals surface area (Å²) in [6.45, 7) is 3.08. The number of β-amino-alcohol motifs (C(OH)–C–C–N with tert-alkyl or cyclic N) is 1. The van der Waals surface area contributed by atoms with Gasteiger partial charge < -0.3 is 10.4 Å². The zero-order valence-electron chi connectivity index (χ0n) is 15.8. The molecular formula is C21H27N5O2. The van der Waals surface area contributed by atoms with E-state index in [1.165, 1.54) is 5.56 Å². The van der Waals surface area contributed by atoms with Crippen LogP contribution >= 0.6 is 0 Å². The van der Waals surface area contributed by atoms with Crippen molar-refractivity contribution < 1.29 is 9.90 Å². The number of aliphatic hydroxyl groups excluding tert-OH is 1. The summed E-state index contributed by atoms with van der Waals surface area (Å²) in [6, 6.07) is 11.7. The number of hydrazine groups is 1. The van der Waals surface area contributed by atoms with Gasteiger partial charge in [0.1, 0.15) is 0 Å². The number of benzene rings is 1. The minimum atomic E-state index is -0.581. The van der Waals surface area contributed by atoms with Crippen LogP contribution in [0.25, 0.3) is 0 Å². The highest BCUT2D eigenvalue weighted by molar-refractivity contribution is 5.94. The number of pyridine rings is 1. The minimum Gasteiger partial charge on any atom is -0.390 e. The highest BCUT2D eigenvalue weighted by atomic mass is 16.3. The van der Waals surface area contributed by atoms with E-state index in [0.717, 1.165) is 38.0 Å². The predicted molar refractivity (Wildman–Crippen MR) is 106 cm³/mol. The van der Waals surface area contributed by atoms with Crippen LogP contribution in [0.5, 0.6) is 0 Å². The fraction of sp³-hybridized carbons (Fsp3) is 0.429. The van der Waals surface area contributed by atoms with Gasteiger partial charge in [0.15, 0.2) is 0 Å². The highest BCUT2D eigenvalue weighted by Gasteiger charge is 2.29. The van der Waals surface area contributed by atoms with E-state index in [9.17, 15) is 9.90 Å². The second kappa shape index (κ2) is 8.79. The number of hydrogen-bond donors (Lipinski definition) is 4. The lowest BCUT2D eigenvalue weighted by molar-refractivity contribution is 0.0349. The van der Waals surface area contributed by atoms with E-state index in [0.29, 0.717) is 18.2 Å². The minimum absolute atomic E-state index is 0.131. The third-order valence-corrected chi connectivity index (χ3v) is 5.52. The van der Waals surface area contributed by atoms with Gasteiger partial charge in [-0.25, -0.2) is 0 Å². The normalized spacial score (nSPS) is 25.5. The van der Waals surface area contributed by atoms with Gasteiger partial charge in [-0.2, -0.15) is 0 Å². The monoisotopic (exact) mass is 381 g/mol. The summed E-state index contributed by atoms with van der Waals surface area (Å²) in [5.74, 6) is -0.131. The molecule has 3 atom stereocenters. The molecule has 4 rings (SSSR count). The molecule has 0 spiro atoms. The Hall–Kier alpha value is -2.32. The van der Waals surface area contributed by atoms with Crippen LogP contribution in [0.3, 0.4) is 0 Å². The predicted octanol–water partition coefficient (Wildman–Crippen LogP) is 0.986. The molecule has 1 aromatic heterocycles. The Morgan fingerprint density at radius 2 is 2.11 bits per heavy atom. The van der Waals surface area contributed by atoms with E-state index < -0.39 is 6.10 Å². The number of piperidine rings is 1. The lowest BCUT2D eigenvalue weighted by Gasteiger charge is -2.36. The Bertz CT molecular complexity index is 777. The number of hydrogen-bond acceptors (Lipinski definition) is 6. The van der Waals surface area contributed by atoms with Crippen molar-refractivity contribution >= 4 is 5.91 Å². The highest BCUT2D eigenvalue weighted by Crippen LogP contribution is 2.20. The van der Waals surface area contributed by atoms with Crippen molar-refractivity contribution in [2.24, 2.45) is 0 Å². The van der Waals surface area contributed by atoms with Crippen molar-refractivity contribution in [3.63, 3.8) is 0 Å². The fourth-order valence-electron chi connectivity index (χ4n) is 3.91. The Morgan fingerprint density at radius 3 is 2.79 bits per heavy atom. The molecule has 148 valence electrons. The first-order chi connectivity index (χ1) is 13.7. The molecule has 0 bridgehead atoms. The zero-order chi connectivity index (χ0) is 19.3. The van der Waals surface area contributed by atoms with Crippen LogP contribution in [0, 0.1) is 0 Å². The average molecular weight is 381 g/mol. The first-order valence-electron chi connectivity index (χ1n) is 9.87. The summed E-state index contributed by atoms with van der Waals surface area (Å²) in [5, 5.41) is 13.5. The van der Waals surface area contributed by atoms with Crippen LogP contribution in [0.2, 0.25) is 0 Å². The molecule has 0 aliphatic carbocycles. The van der Waals surface area contributed by atoms with Gasteiger partial charge in [-0.1, -0.05) is 18.2 Å². The third kappa shape index (κ3) is 4.56. The number of nitrogens with one attached hydrogen (secondary N) is 3. The summed E-state index contributed by atoms with van der Waals surface area (Å²) in [5.41, 5.74) is 9.27. The molecule has 1 aromatic carbocycles. The molecule has 2 aliphatic rings. The smallest absolute Gasteiger partial charge is 0.251 e. The van der Waals surface area contributed by atoms with Crippen LogP contribution in [0.1, 0.15) is 40.4 Å². The zero-order valence-corrected chi connectivity index (χ0v) is 15.8. The Morgan fingerprint density at radius 1 is 1.25 bits per heavy atom. The topological polar surface area (TPSA) is 89.5 Å². The summed E-state index contributed by atoms with van der Waals surface area (Å²) >= 11 is 0. The molecule has 7 nitrogen and oxygen atoms in total. The number of carbonyl (C=O) groups is 1. The Kier molecular flexibility index (Phi) is 5.97. The number of likely N-dealkylation sites (tertiary alicyclic amines) is 1. The van der Waals surface area contributed by atoms with E-state index >= 15 is 0 Å². The maximum atomic E-state index is 12.6. The second-order valence-corrected chi connectivity index (χ2v) is 7.57. The van der Waals surface area contributed by atoms with Crippen molar-refractivity contribution in [3.8, 4) is 0 Å². The molecule has 2 aromatic rings. The van der Waals surface area contributed by atoms with Gasteiger partial charge in [-0.3, -0.25) is 25.5 Å². The van der Waals surface area contributed by atoms with E-state index in [2.05, 4.69) is 26.1 Å². The second-order valence-electron chi connectivity index (χ2n) is 7.57. The number of aliphatic hydroxyl groups is 1. The molecular weight excluding hydrogens is 354 g/mol. The third-order valence-electron chi connectivity index (χ3n) is 5.52. The van der Waals surface area contributed by atoms with Gasteiger partial charge >= 0.3 is 0 Å². The number of nitrogens with zero attached hydrogens (tertiary/aromatic N) is 2. The molecule has 2 fully saturated rings. The summed E-state index contributed by atoms with van der Waals surface area (Å²) in [7, 11) is 0. The summed E-state index contributed by atoms with van der Waals surface area (Å²) < 4.78 is 0. The quantitative estimate of drug-likeness (QED) is 0.618. The van der Waals surface area contributed by atoms with E-state index in [1.807, 2.05) is 42.6 Å². The van der Waals surface area contributed by atoms with Crippen molar-refractivity contribution in [1.29, 1.82) is 0 Å². The molecule has 1 unspecified atom stereocenters. The molecule has 2 aliphatic heterocycles. The molecule has 4 N–H and O–H groups in total. The average Bonchev–Trinajstić information content (AvgIpc) is 3.26. The van der Waals surface area contributed by atoms with E-state index in [4.69, 9.17) is 0 Å². The summed E-state index contributed by atoms with van der Waals surface area (Å²) in [6.07, 6.45) is 4.79. The van der Waals surface area contributed by atoms with Gasteiger partial charge in [0.05, 0.1) is 12.1 Å². The lowest BCUT2D eigenvalue weighted by Crippen LogP contribution is -2.53. The van der Waals surface area contributed by atoms with Gasteiger partial charge in [-0.05, 0) is 42.2 Å². The Balaban J connectivity index is 1.30. The maximum absolute atomic E-state index is 12.6. The van der Waals surface area contributed by atoms with E-state index in [-0.39, 0.29) is 11.9 Å². The number of aromatic nitrogens is 1.